The predicted octanol–water partition coefficient (Wildman–Crippen LogP) is 4.58. The third-order valence-corrected chi connectivity index (χ3v) is 4.95. The Morgan fingerprint density at radius 3 is 1.31 bits per heavy atom. The Labute approximate surface area is 175 Å². The van der Waals surface area contributed by atoms with E-state index in [2.05, 4.69) is 23.7 Å². The van der Waals surface area contributed by atoms with Crippen LogP contribution in [-0.4, -0.2) is 28.4 Å². The van der Waals surface area contributed by atoms with Crippen molar-refractivity contribution in [3.8, 4) is 46.7 Å². The van der Waals surface area contributed by atoms with Gasteiger partial charge >= 0.3 is 0 Å². The number of methoxy groups -OCH3 is 4. The van der Waals surface area contributed by atoms with Crippen LogP contribution in [0, 0.1) is 23.7 Å². The molecule has 0 radical (unpaired) electrons. The average molecular weight is 404 g/mol. The van der Waals surface area contributed by atoms with Crippen molar-refractivity contribution in [2.75, 3.05) is 28.4 Å². The van der Waals surface area contributed by atoms with Crippen molar-refractivity contribution in [1.82, 2.24) is 0 Å². The number of rotatable bonds is 4. The Balaban J connectivity index is 1.76. The Morgan fingerprint density at radius 1 is 0.517 bits per heavy atom. The smallest absolute Gasteiger partial charge is 0.161 e. The molecular formula is C24H20O4S. The fourth-order valence-electron chi connectivity index (χ4n) is 2.57. The molecule has 3 aromatic rings. The van der Waals surface area contributed by atoms with Gasteiger partial charge in [0.05, 0.1) is 38.2 Å². The number of benzene rings is 2. The summed E-state index contributed by atoms with van der Waals surface area (Å²) < 4.78 is 21.1. The number of hydrogen-bond donors (Lipinski definition) is 0. The first-order valence-corrected chi connectivity index (χ1v) is 9.56. The normalized spacial score (nSPS) is 9.52. The van der Waals surface area contributed by atoms with E-state index < -0.39 is 0 Å². The highest BCUT2D eigenvalue weighted by molar-refractivity contribution is 7.13. The van der Waals surface area contributed by atoms with E-state index in [0.29, 0.717) is 23.0 Å². The molecule has 0 bridgehead atoms. The highest BCUT2D eigenvalue weighted by Crippen LogP contribution is 2.28. The van der Waals surface area contributed by atoms with Gasteiger partial charge in [-0.1, -0.05) is 23.7 Å². The summed E-state index contributed by atoms with van der Waals surface area (Å²) in [6.07, 6.45) is 0. The SMILES string of the molecule is COc1ccc(C#Cc2ccc(C#Cc3ccc(OC)c(OC)c3)s2)cc1OC. The second-order valence-corrected chi connectivity index (χ2v) is 6.89. The van der Waals surface area contributed by atoms with E-state index in [1.807, 2.05) is 48.5 Å². The summed E-state index contributed by atoms with van der Waals surface area (Å²) in [6.45, 7) is 0. The second-order valence-electron chi connectivity index (χ2n) is 5.80. The van der Waals surface area contributed by atoms with Crippen molar-refractivity contribution < 1.29 is 18.9 Å². The van der Waals surface area contributed by atoms with Gasteiger partial charge in [-0.15, -0.1) is 11.3 Å². The van der Waals surface area contributed by atoms with Crippen molar-refractivity contribution >= 4 is 11.3 Å². The number of hydrogen-bond acceptors (Lipinski definition) is 5. The first-order chi connectivity index (χ1) is 14.2. The van der Waals surface area contributed by atoms with Crippen LogP contribution >= 0.6 is 11.3 Å². The maximum absolute atomic E-state index is 5.31. The van der Waals surface area contributed by atoms with E-state index >= 15 is 0 Å². The van der Waals surface area contributed by atoms with Gasteiger partial charge < -0.3 is 18.9 Å². The second kappa shape index (κ2) is 9.59. The first kappa shape index (κ1) is 20.2. The molecular weight excluding hydrogens is 384 g/mol. The summed E-state index contributed by atoms with van der Waals surface area (Å²) in [5, 5.41) is 0. The van der Waals surface area contributed by atoms with Gasteiger partial charge in [-0.3, -0.25) is 0 Å². The van der Waals surface area contributed by atoms with Crippen LogP contribution in [0.15, 0.2) is 48.5 Å². The largest absolute Gasteiger partial charge is 0.493 e. The average Bonchev–Trinajstić information content (AvgIpc) is 3.23. The molecule has 4 nitrogen and oxygen atoms in total. The molecule has 0 fully saturated rings. The lowest BCUT2D eigenvalue weighted by Gasteiger charge is -2.06. The highest BCUT2D eigenvalue weighted by Gasteiger charge is 2.04. The quantitative estimate of drug-likeness (QED) is 0.597. The number of ether oxygens (including phenoxy) is 4. The molecule has 0 saturated heterocycles. The van der Waals surface area contributed by atoms with Gasteiger partial charge in [-0.05, 0) is 48.5 Å². The van der Waals surface area contributed by atoms with Gasteiger partial charge in [-0.25, -0.2) is 0 Å². The fraction of sp³-hybridized carbons (Fsp3) is 0.167. The van der Waals surface area contributed by atoms with Gasteiger partial charge in [0.25, 0.3) is 0 Å². The first-order valence-electron chi connectivity index (χ1n) is 8.74. The molecule has 1 heterocycles. The van der Waals surface area contributed by atoms with Gasteiger partial charge in [-0.2, -0.15) is 0 Å². The molecule has 1 aromatic heterocycles. The van der Waals surface area contributed by atoms with Crippen LogP contribution in [0.1, 0.15) is 20.9 Å². The molecule has 5 heteroatoms. The molecule has 0 saturated carbocycles. The van der Waals surface area contributed by atoms with E-state index in [0.717, 1.165) is 20.9 Å². The highest BCUT2D eigenvalue weighted by atomic mass is 32.1. The van der Waals surface area contributed by atoms with Gasteiger partial charge in [0.15, 0.2) is 23.0 Å². The standard InChI is InChI=1S/C24H20O4S/c1-25-21-13-7-17(15-23(21)27-3)5-9-19-11-12-20(29-19)10-6-18-8-14-22(26-2)24(16-18)28-4/h7-8,11-16H,1-4H3. The summed E-state index contributed by atoms with van der Waals surface area (Å²) in [5.41, 5.74) is 1.71. The molecule has 0 spiro atoms. The summed E-state index contributed by atoms with van der Waals surface area (Å²) in [5.74, 6) is 15.3. The molecule has 146 valence electrons. The third kappa shape index (κ3) is 5.04. The van der Waals surface area contributed by atoms with E-state index in [4.69, 9.17) is 18.9 Å². The molecule has 3 rings (SSSR count). The van der Waals surface area contributed by atoms with E-state index in [-0.39, 0.29) is 0 Å². The Bertz CT molecular complexity index is 1040. The van der Waals surface area contributed by atoms with E-state index in [1.165, 1.54) is 0 Å². The van der Waals surface area contributed by atoms with Crippen molar-refractivity contribution in [2.45, 2.75) is 0 Å². The van der Waals surface area contributed by atoms with E-state index in [1.54, 1.807) is 39.8 Å². The van der Waals surface area contributed by atoms with Gasteiger partial charge in [0.2, 0.25) is 0 Å². The molecule has 0 aliphatic heterocycles. The Hall–Kier alpha value is -3.54. The lowest BCUT2D eigenvalue weighted by Crippen LogP contribution is -1.90. The van der Waals surface area contributed by atoms with Gasteiger partial charge in [0, 0.05) is 11.1 Å². The minimum atomic E-state index is 0.659. The lowest BCUT2D eigenvalue weighted by molar-refractivity contribution is 0.355. The summed E-state index contributed by atoms with van der Waals surface area (Å²) in [6, 6.07) is 15.1. The van der Waals surface area contributed by atoms with Crippen molar-refractivity contribution in [1.29, 1.82) is 0 Å². The van der Waals surface area contributed by atoms with Crippen molar-refractivity contribution in [2.24, 2.45) is 0 Å². The summed E-state index contributed by atoms with van der Waals surface area (Å²) in [4.78, 5) is 1.88. The summed E-state index contributed by atoms with van der Waals surface area (Å²) in [7, 11) is 6.44. The van der Waals surface area contributed by atoms with Crippen LogP contribution in [0.4, 0.5) is 0 Å². The zero-order chi connectivity index (χ0) is 20.6. The zero-order valence-corrected chi connectivity index (χ0v) is 17.5. The molecule has 2 aromatic carbocycles. The topological polar surface area (TPSA) is 36.9 Å². The fourth-order valence-corrected chi connectivity index (χ4v) is 3.28. The maximum atomic E-state index is 5.31. The van der Waals surface area contributed by atoms with Gasteiger partial charge in [0.1, 0.15) is 0 Å². The third-order valence-electron chi connectivity index (χ3n) is 4.03. The van der Waals surface area contributed by atoms with Crippen LogP contribution in [-0.2, 0) is 0 Å². The molecule has 0 aliphatic rings. The van der Waals surface area contributed by atoms with Crippen molar-refractivity contribution in [3.63, 3.8) is 0 Å². The summed E-state index contributed by atoms with van der Waals surface area (Å²) >= 11 is 1.55. The molecule has 0 N–H and O–H groups in total. The zero-order valence-electron chi connectivity index (χ0n) is 16.7. The molecule has 29 heavy (non-hydrogen) atoms. The maximum Gasteiger partial charge on any atom is 0.161 e. The lowest BCUT2D eigenvalue weighted by atomic mass is 10.2. The van der Waals surface area contributed by atoms with Crippen LogP contribution in [0.25, 0.3) is 0 Å². The molecule has 0 aliphatic carbocycles. The van der Waals surface area contributed by atoms with E-state index in [9.17, 15) is 0 Å². The minimum Gasteiger partial charge on any atom is -0.493 e. The van der Waals surface area contributed by atoms with Crippen molar-refractivity contribution in [3.05, 3.63) is 69.4 Å². The Kier molecular flexibility index (Phi) is 6.68. The molecule has 0 unspecified atom stereocenters. The monoisotopic (exact) mass is 404 g/mol. The number of thiophene rings is 1. The Morgan fingerprint density at radius 2 is 0.931 bits per heavy atom. The van der Waals surface area contributed by atoms with Crippen LogP contribution in [0.2, 0.25) is 0 Å². The molecule has 0 atom stereocenters. The molecule has 0 amide bonds. The van der Waals surface area contributed by atoms with Crippen LogP contribution in [0.5, 0.6) is 23.0 Å². The van der Waals surface area contributed by atoms with Crippen LogP contribution in [0.3, 0.4) is 0 Å². The predicted molar refractivity (Wildman–Crippen MR) is 115 cm³/mol. The van der Waals surface area contributed by atoms with Crippen LogP contribution < -0.4 is 18.9 Å². The minimum absolute atomic E-state index is 0.659.